The van der Waals surface area contributed by atoms with Gasteiger partial charge in [-0.1, -0.05) is 48.0 Å². The molecule has 1 aliphatic rings. The van der Waals surface area contributed by atoms with E-state index in [1.165, 1.54) is 4.31 Å². The molecule has 1 heterocycles. The zero-order valence-corrected chi connectivity index (χ0v) is 15.8. The minimum atomic E-state index is -3.53. The number of nitrogens with zero attached hydrogens (tertiary/aromatic N) is 1. The number of anilines is 1. The monoisotopic (exact) mass is 392 g/mol. The Morgan fingerprint density at radius 1 is 1.12 bits per heavy atom. The van der Waals surface area contributed by atoms with Crippen LogP contribution in [0.15, 0.2) is 54.6 Å². The van der Waals surface area contributed by atoms with E-state index in [4.69, 9.17) is 11.6 Å². The lowest BCUT2D eigenvalue weighted by Gasteiger charge is -2.31. The van der Waals surface area contributed by atoms with Crippen molar-refractivity contribution in [2.75, 3.05) is 18.4 Å². The third kappa shape index (κ3) is 4.63. The molecule has 2 aromatic rings. The predicted octanol–water partition coefficient (Wildman–Crippen LogP) is 3.52. The summed E-state index contributed by atoms with van der Waals surface area (Å²) >= 11 is 6.09. The molecule has 2 aromatic carbocycles. The summed E-state index contributed by atoms with van der Waals surface area (Å²) in [7, 11) is -3.53. The highest BCUT2D eigenvalue weighted by atomic mass is 35.5. The van der Waals surface area contributed by atoms with Crippen LogP contribution in [0.5, 0.6) is 0 Å². The maximum Gasteiger partial charge on any atom is 0.228 e. The highest BCUT2D eigenvalue weighted by Crippen LogP contribution is 2.25. The molecule has 1 unspecified atom stereocenters. The fraction of sp³-hybridized carbons (Fsp3) is 0.316. The third-order valence-electron chi connectivity index (χ3n) is 4.49. The van der Waals surface area contributed by atoms with Crippen LogP contribution >= 0.6 is 11.6 Å². The molecular weight excluding hydrogens is 372 g/mol. The quantitative estimate of drug-likeness (QED) is 0.846. The van der Waals surface area contributed by atoms with Crippen molar-refractivity contribution < 1.29 is 13.2 Å². The van der Waals surface area contributed by atoms with Gasteiger partial charge in [0, 0.05) is 23.8 Å². The van der Waals surface area contributed by atoms with E-state index in [2.05, 4.69) is 5.32 Å². The molecule has 1 aliphatic heterocycles. The second-order valence-electron chi connectivity index (χ2n) is 6.40. The van der Waals surface area contributed by atoms with Gasteiger partial charge in [-0.3, -0.25) is 4.79 Å². The van der Waals surface area contributed by atoms with Crippen molar-refractivity contribution in [3.63, 3.8) is 0 Å². The second kappa shape index (κ2) is 8.20. The molecule has 5 nitrogen and oxygen atoms in total. The molecule has 3 rings (SSSR count). The van der Waals surface area contributed by atoms with Crippen molar-refractivity contribution in [2.45, 2.75) is 18.6 Å². The maximum absolute atomic E-state index is 12.8. The normalized spacial score (nSPS) is 18.4. The number of halogens is 1. The van der Waals surface area contributed by atoms with Crippen molar-refractivity contribution in [2.24, 2.45) is 5.92 Å². The van der Waals surface area contributed by atoms with Crippen LogP contribution in [0.2, 0.25) is 5.02 Å². The van der Waals surface area contributed by atoms with E-state index in [0.717, 1.165) is 0 Å². The van der Waals surface area contributed by atoms with E-state index in [0.29, 0.717) is 35.7 Å². The van der Waals surface area contributed by atoms with E-state index in [-0.39, 0.29) is 24.1 Å². The van der Waals surface area contributed by atoms with Gasteiger partial charge in [0.1, 0.15) is 0 Å². The van der Waals surface area contributed by atoms with Crippen LogP contribution in [0.1, 0.15) is 18.4 Å². The molecule has 7 heteroatoms. The summed E-state index contributed by atoms with van der Waals surface area (Å²) in [5.41, 5.74) is 1.29. The van der Waals surface area contributed by atoms with Crippen molar-refractivity contribution in [3.05, 3.63) is 65.2 Å². The summed E-state index contributed by atoms with van der Waals surface area (Å²) in [5.74, 6) is -0.654. The van der Waals surface area contributed by atoms with Crippen molar-refractivity contribution in [1.82, 2.24) is 4.31 Å². The molecule has 138 valence electrons. The van der Waals surface area contributed by atoms with Gasteiger partial charge in [-0.2, -0.15) is 0 Å². The lowest BCUT2D eigenvalue weighted by molar-refractivity contribution is -0.120. The molecule has 0 spiro atoms. The van der Waals surface area contributed by atoms with Crippen LogP contribution in [0.3, 0.4) is 0 Å². The average Bonchev–Trinajstić information content (AvgIpc) is 2.64. The fourth-order valence-electron chi connectivity index (χ4n) is 3.08. The molecule has 1 amide bonds. The Hall–Kier alpha value is -1.89. The van der Waals surface area contributed by atoms with Crippen LogP contribution in [-0.2, 0) is 20.6 Å². The molecular formula is C19H21ClN2O3S. The Morgan fingerprint density at radius 2 is 1.81 bits per heavy atom. The van der Waals surface area contributed by atoms with Crippen molar-refractivity contribution in [3.8, 4) is 0 Å². The number of carbonyl (C=O) groups is 1. The summed E-state index contributed by atoms with van der Waals surface area (Å²) in [6.45, 7) is 0.632. The van der Waals surface area contributed by atoms with Crippen LogP contribution < -0.4 is 5.32 Å². The molecule has 0 aliphatic carbocycles. The van der Waals surface area contributed by atoms with E-state index >= 15 is 0 Å². The van der Waals surface area contributed by atoms with Gasteiger partial charge in [-0.15, -0.1) is 0 Å². The number of rotatable bonds is 5. The molecule has 0 aromatic heterocycles. The summed E-state index contributed by atoms with van der Waals surface area (Å²) in [6, 6.07) is 16.1. The number of benzene rings is 2. The SMILES string of the molecule is O=C(Nc1ccccc1)C1CCCN(S(=O)(=O)Cc2ccccc2Cl)C1. The Bertz CT molecular complexity index is 871. The molecule has 0 radical (unpaired) electrons. The van der Waals surface area contributed by atoms with Gasteiger partial charge in [0.15, 0.2) is 0 Å². The highest BCUT2D eigenvalue weighted by Gasteiger charge is 2.32. The smallest absolute Gasteiger partial charge is 0.228 e. The van der Waals surface area contributed by atoms with Crippen molar-refractivity contribution in [1.29, 1.82) is 0 Å². The van der Waals surface area contributed by atoms with Gasteiger partial charge in [0.25, 0.3) is 0 Å². The van der Waals surface area contributed by atoms with E-state index < -0.39 is 10.0 Å². The maximum atomic E-state index is 12.8. The van der Waals surface area contributed by atoms with Gasteiger partial charge >= 0.3 is 0 Å². The number of carbonyl (C=O) groups excluding carboxylic acids is 1. The largest absolute Gasteiger partial charge is 0.326 e. The van der Waals surface area contributed by atoms with Crippen LogP contribution in [0.25, 0.3) is 0 Å². The number of piperidine rings is 1. The first kappa shape index (κ1) is 18.9. The molecule has 1 N–H and O–H groups in total. The van der Waals surface area contributed by atoms with Gasteiger partial charge in [-0.25, -0.2) is 12.7 Å². The summed E-state index contributed by atoms with van der Waals surface area (Å²) in [4.78, 5) is 12.5. The standard InChI is InChI=1S/C19H21ClN2O3S/c20-18-11-5-4-7-16(18)14-26(24,25)22-12-6-8-15(13-22)19(23)21-17-9-2-1-3-10-17/h1-5,7,9-11,15H,6,8,12-14H2,(H,21,23). The molecule has 26 heavy (non-hydrogen) atoms. The Balaban J connectivity index is 1.67. The van der Waals surface area contributed by atoms with E-state index in [9.17, 15) is 13.2 Å². The van der Waals surface area contributed by atoms with Gasteiger partial charge in [0.05, 0.1) is 11.7 Å². The zero-order valence-electron chi connectivity index (χ0n) is 14.3. The van der Waals surface area contributed by atoms with E-state index in [1.807, 2.05) is 30.3 Å². The van der Waals surface area contributed by atoms with E-state index in [1.54, 1.807) is 24.3 Å². The van der Waals surface area contributed by atoms with Gasteiger partial charge < -0.3 is 5.32 Å². The predicted molar refractivity (Wildman–Crippen MR) is 103 cm³/mol. The first-order valence-corrected chi connectivity index (χ1v) is 10.5. The average molecular weight is 393 g/mol. The Kier molecular flexibility index (Phi) is 5.96. The van der Waals surface area contributed by atoms with Crippen LogP contribution in [-0.4, -0.2) is 31.7 Å². The topological polar surface area (TPSA) is 66.5 Å². The first-order chi connectivity index (χ1) is 12.5. The lowest BCUT2D eigenvalue weighted by atomic mass is 9.99. The molecule has 1 atom stereocenters. The summed E-state index contributed by atoms with van der Waals surface area (Å²) < 4.78 is 27.0. The van der Waals surface area contributed by atoms with Gasteiger partial charge in [0.2, 0.25) is 15.9 Å². The van der Waals surface area contributed by atoms with Gasteiger partial charge in [-0.05, 0) is 36.6 Å². The Labute approximate surface area is 159 Å². The van der Waals surface area contributed by atoms with Crippen LogP contribution in [0, 0.1) is 5.92 Å². The van der Waals surface area contributed by atoms with Crippen molar-refractivity contribution >= 4 is 33.2 Å². The third-order valence-corrected chi connectivity index (χ3v) is 6.65. The fourth-order valence-corrected chi connectivity index (χ4v) is 5.00. The number of nitrogens with one attached hydrogen (secondary N) is 1. The summed E-state index contributed by atoms with van der Waals surface area (Å²) in [5, 5.41) is 3.30. The second-order valence-corrected chi connectivity index (χ2v) is 8.78. The minimum absolute atomic E-state index is 0.145. The lowest BCUT2D eigenvalue weighted by Crippen LogP contribution is -2.44. The number of hydrogen-bond acceptors (Lipinski definition) is 3. The molecule has 1 saturated heterocycles. The zero-order chi connectivity index (χ0) is 18.6. The van der Waals surface area contributed by atoms with Crippen LogP contribution in [0.4, 0.5) is 5.69 Å². The first-order valence-electron chi connectivity index (χ1n) is 8.53. The summed E-state index contributed by atoms with van der Waals surface area (Å²) in [6.07, 6.45) is 1.34. The number of amides is 1. The number of para-hydroxylation sites is 1. The highest BCUT2D eigenvalue weighted by molar-refractivity contribution is 7.88. The number of hydrogen-bond donors (Lipinski definition) is 1. The minimum Gasteiger partial charge on any atom is -0.326 e. The molecule has 1 fully saturated rings. The Morgan fingerprint density at radius 3 is 2.54 bits per heavy atom. The molecule has 0 saturated carbocycles. The number of sulfonamides is 1. The molecule has 0 bridgehead atoms.